The van der Waals surface area contributed by atoms with E-state index < -0.39 is 61.2 Å². The Balaban J connectivity index is 1.36. The Morgan fingerprint density at radius 3 is 2.15 bits per heavy atom. The molecule has 0 spiro atoms. The fourth-order valence-electron chi connectivity index (χ4n) is 11.3. The highest BCUT2D eigenvalue weighted by atomic mass is 16.7. The highest BCUT2D eigenvalue weighted by Gasteiger charge is 2.68. The average Bonchev–Trinajstić information content (AvgIpc) is 3.27. The highest BCUT2D eigenvalue weighted by Crippen LogP contribution is 2.75. The van der Waals surface area contributed by atoms with E-state index in [0.717, 1.165) is 44.9 Å². The van der Waals surface area contributed by atoms with E-state index in [1.165, 1.54) is 19.4 Å². The number of aliphatic hydroxyl groups is 8. The van der Waals surface area contributed by atoms with Gasteiger partial charge in [0, 0.05) is 5.41 Å². The van der Waals surface area contributed by atoms with Gasteiger partial charge in [0.15, 0.2) is 6.29 Å². The topological polar surface area (TPSA) is 180 Å². The first-order chi connectivity index (χ1) is 21.2. The summed E-state index contributed by atoms with van der Waals surface area (Å²) < 4.78 is 12.1. The van der Waals surface area contributed by atoms with E-state index in [1.54, 1.807) is 0 Å². The van der Waals surface area contributed by atoms with Gasteiger partial charge in [0.05, 0.1) is 24.4 Å². The standard InChI is InChI=1S/C36H62O10/c1-18(25(38)28(41)30(43)33(4,5)44)19-13-14-36(8)23-11-9-20-21(34(23,6)15-16-35(19,36)7)10-12-24(32(20,2)3)46-31-29(42)27(40)26(39)22(17-37)45-31/h9,18-19,21-31,37-44H,10-17H2,1-8H3/t18-,19+,21+,22+,23+,24-,25?,26+,27-,28?,29+,30?,31-,34-,35+,36-/m0/s1. The van der Waals surface area contributed by atoms with Gasteiger partial charge in [-0.2, -0.15) is 0 Å². The lowest BCUT2D eigenvalue weighted by molar-refractivity contribution is -0.320. The maximum Gasteiger partial charge on any atom is 0.187 e. The second kappa shape index (κ2) is 12.3. The van der Waals surface area contributed by atoms with E-state index in [-0.39, 0.29) is 39.6 Å². The Labute approximate surface area is 274 Å². The van der Waals surface area contributed by atoms with E-state index in [2.05, 4.69) is 40.7 Å². The molecule has 1 aliphatic heterocycles. The first kappa shape index (κ1) is 36.6. The molecule has 46 heavy (non-hydrogen) atoms. The van der Waals surface area contributed by atoms with Crippen LogP contribution in [0.4, 0.5) is 0 Å². The molecule has 10 heteroatoms. The first-order valence-corrected chi connectivity index (χ1v) is 17.6. The smallest absolute Gasteiger partial charge is 0.187 e. The van der Waals surface area contributed by atoms with Crippen molar-refractivity contribution in [2.45, 2.75) is 161 Å². The maximum absolute atomic E-state index is 11.3. The number of allylic oxidation sites excluding steroid dienone is 1. The van der Waals surface area contributed by atoms with Crippen LogP contribution in [-0.4, -0.2) is 108 Å². The number of rotatable bonds is 8. The predicted molar refractivity (Wildman–Crippen MR) is 171 cm³/mol. The van der Waals surface area contributed by atoms with Crippen LogP contribution in [0.2, 0.25) is 0 Å². The van der Waals surface area contributed by atoms with Crippen molar-refractivity contribution >= 4 is 0 Å². The summed E-state index contributed by atoms with van der Waals surface area (Å²) in [5.74, 6) is 0.674. The third kappa shape index (κ3) is 5.46. The number of aliphatic hydroxyl groups excluding tert-OH is 7. The third-order valence-electron chi connectivity index (χ3n) is 14.6. The summed E-state index contributed by atoms with van der Waals surface area (Å²) in [6.07, 6.45) is -1.84. The largest absolute Gasteiger partial charge is 0.394 e. The minimum absolute atomic E-state index is 0.00825. The number of hydrogen-bond acceptors (Lipinski definition) is 10. The van der Waals surface area contributed by atoms with E-state index in [4.69, 9.17) is 9.47 Å². The van der Waals surface area contributed by atoms with E-state index in [0.29, 0.717) is 11.8 Å². The molecule has 5 aliphatic rings. The highest BCUT2D eigenvalue weighted by molar-refractivity contribution is 5.30. The summed E-state index contributed by atoms with van der Waals surface area (Å²) in [4.78, 5) is 0. The lowest BCUT2D eigenvalue weighted by Gasteiger charge is -2.66. The average molecular weight is 655 g/mol. The van der Waals surface area contributed by atoms with Crippen molar-refractivity contribution in [2.24, 2.45) is 45.3 Å². The first-order valence-electron chi connectivity index (χ1n) is 17.6. The molecule has 0 aromatic carbocycles. The van der Waals surface area contributed by atoms with Crippen LogP contribution in [0.25, 0.3) is 0 Å². The fourth-order valence-corrected chi connectivity index (χ4v) is 11.3. The maximum atomic E-state index is 11.3. The van der Waals surface area contributed by atoms with Crippen LogP contribution in [0.3, 0.4) is 0 Å². The van der Waals surface area contributed by atoms with Crippen molar-refractivity contribution in [1.29, 1.82) is 0 Å². The van der Waals surface area contributed by atoms with Crippen molar-refractivity contribution in [3.05, 3.63) is 11.6 Å². The van der Waals surface area contributed by atoms with Crippen LogP contribution in [0, 0.1) is 45.3 Å². The Morgan fingerprint density at radius 2 is 1.54 bits per heavy atom. The molecule has 3 saturated carbocycles. The normalized spacial score (nSPS) is 48.3. The molecule has 0 radical (unpaired) electrons. The Bertz CT molecular complexity index is 1130. The fraction of sp³-hybridized carbons (Fsp3) is 0.944. The zero-order valence-electron chi connectivity index (χ0n) is 29.1. The number of hydrogen-bond donors (Lipinski definition) is 8. The summed E-state index contributed by atoms with van der Waals surface area (Å²) in [6, 6.07) is 0. The summed E-state index contributed by atoms with van der Waals surface area (Å²) in [6.45, 7) is 16.0. The molecule has 3 unspecified atom stereocenters. The van der Waals surface area contributed by atoms with Gasteiger partial charge in [0.2, 0.25) is 0 Å². The van der Waals surface area contributed by atoms with Crippen molar-refractivity contribution in [2.75, 3.05) is 6.61 Å². The summed E-state index contributed by atoms with van der Waals surface area (Å²) in [5, 5.41) is 83.9. The van der Waals surface area contributed by atoms with Crippen LogP contribution < -0.4 is 0 Å². The van der Waals surface area contributed by atoms with Crippen LogP contribution in [0.5, 0.6) is 0 Å². The minimum Gasteiger partial charge on any atom is -0.394 e. The van der Waals surface area contributed by atoms with Gasteiger partial charge in [-0.05, 0) is 98.7 Å². The Hall–Kier alpha value is -0.660. The van der Waals surface area contributed by atoms with E-state index >= 15 is 0 Å². The molecular weight excluding hydrogens is 592 g/mol. The molecule has 1 saturated heterocycles. The van der Waals surface area contributed by atoms with Crippen LogP contribution >= 0.6 is 0 Å². The molecule has 266 valence electrons. The van der Waals surface area contributed by atoms with Crippen molar-refractivity contribution in [3.63, 3.8) is 0 Å². The SMILES string of the molecule is C[C@H](C(O)C(O)C(O)C(C)(C)O)[C@H]1CC[C@@]2(C)[C@@H]3CC=C4[C@@H](CC[C@H](O[C@@H]5O[C@H](CO)[C@@H](O)[C@H](O)[C@H]5O)C4(C)C)[C@]3(C)CC[C@]12C. The zero-order chi connectivity index (χ0) is 34.4. The van der Waals surface area contributed by atoms with Gasteiger partial charge in [-0.25, -0.2) is 0 Å². The summed E-state index contributed by atoms with van der Waals surface area (Å²) in [7, 11) is 0. The molecule has 4 fully saturated rings. The zero-order valence-corrected chi connectivity index (χ0v) is 29.1. The monoisotopic (exact) mass is 654 g/mol. The van der Waals surface area contributed by atoms with Gasteiger partial charge in [-0.3, -0.25) is 0 Å². The molecular formula is C36H62O10. The second-order valence-electron chi connectivity index (χ2n) is 17.5. The Morgan fingerprint density at radius 1 is 0.891 bits per heavy atom. The molecule has 0 aromatic heterocycles. The molecule has 8 N–H and O–H groups in total. The van der Waals surface area contributed by atoms with Gasteiger partial charge in [-0.1, -0.05) is 53.2 Å². The van der Waals surface area contributed by atoms with Crippen molar-refractivity contribution in [1.82, 2.24) is 0 Å². The van der Waals surface area contributed by atoms with E-state index in [9.17, 15) is 40.9 Å². The van der Waals surface area contributed by atoms with Gasteiger partial charge in [-0.15, -0.1) is 0 Å². The molecule has 16 atom stereocenters. The van der Waals surface area contributed by atoms with Gasteiger partial charge in [0.25, 0.3) is 0 Å². The predicted octanol–water partition coefficient (Wildman–Crippen LogP) is 2.27. The molecule has 4 aliphatic carbocycles. The molecule has 0 amide bonds. The minimum atomic E-state index is -1.53. The lowest BCUT2D eigenvalue weighted by atomic mass is 9.39. The Kier molecular flexibility index (Phi) is 9.78. The molecule has 1 heterocycles. The van der Waals surface area contributed by atoms with Crippen LogP contribution in [0.1, 0.15) is 100 Å². The molecule has 0 aromatic rings. The lowest BCUT2D eigenvalue weighted by Crippen LogP contribution is -2.62. The number of fused-ring (bicyclic) bond motifs is 5. The number of ether oxygens (including phenoxy) is 2. The van der Waals surface area contributed by atoms with Gasteiger partial charge < -0.3 is 50.3 Å². The van der Waals surface area contributed by atoms with Gasteiger partial charge >= 0.3 is 0 Å². The van der Waals surface area contributed by atoms with Crippen molar-refractivity contribution < 1.29 is 50.3 Å². The summed E-state index contributed by atoms with van der Waals surface area (Å²) in [5.41, 5.74) is -0.542. The second-order valence-corrected chi connectivity index (χ2v) is 17.5. The van der Waals surface area contributed by atoms with E-state index in [1.807, 2.05) is 6.92 Å². The van der Waals surface area contributed by atoms with Crippen LogP contribution in [0.15, 0.2) is 11.6 Å². The summed E-state index contributed by atoms with van der Waals surface area (Å²) >= 11 is 0. The molecule has 0 bridgehead atoms. The quantitative estimate of drug-likeness (QED) is 0.181. The third-order valence-corrected chi connectivity index (χ3v) is 14.6. The van der Waals surface area contributed by atoms with Gasteiger partial charge in [0.1, 0.15) is 36.6 Å². The molecule has 10 nitrogen and oxygen atoms in total. The molecule has 5 rings (SSSR count). The van der Waals surface area contributed by atoms with Crippen LogP contribution in [-0.2, 0) is 9.47 Å². The van der Waals surface area contributed by atoms with Crippen molar-refractivity contribution in [3.8, 4) is 0 Å².